The zero-order valence-electron chi connectivity index (χ0n) is 16.6. The van der Waals surface area contributed by atoms with E-state index in [1.165, 1.54) is 11.8 Å². The monoisotopic (exact) mass is 421 g/mol. The number of esters is 1. The van der Waals surface area contributed by atoms with Crippen LogP contribution >= 0.6 is 24.0 Å². The first-order chi connectivity index (χ1) is 13.5. The molecule has 2 aromatic rings. The maximum absolute atomic E-state index is 12.9. The van der Waals surface area contributed by atoms with Crippen LogP contribution in [0.1, 0.15) is 55.6 Å². The fourth-order valence-corrected chi connectivity index (χ4v) is 4.57. The number of thioether (sulfide) groups is 1. The van der Waals surface area contributed by atoms with Gasteiger partial charge in [-0.3, -0.25) is 9.59 Å². The molecule has 2 rings (SSSR count). The van der Waals surface area contributed by atoms with E-state index in [0.29, 0.717) is 43.3 Å². The van der Waals surface area contributed by atoms with Crippen LogP contribution in [0, 0.1) is 6.92 Å². The number of benzene rings is 1. The molecular weight excluding hydrogens is 394 g/mol. The first kappa shape index (κ1) is 22.4. The van der Waals surface area contributed by atoms with Gasteiger partial charge in [-0.25, -0.2) is 0 Å². The number of aryl methyl sites for hydroxylation is 1. The van der Waals surface area contributed by atoms with Gasteiger partial charge in [-0.15, -0.1) is 0 Å². The highest BCUT2D eigenvalue weighted by Gasteiger charge is 2.20. The second-order valence-electron chi connectivity index (χ2n) is 6.40. The van der Waals surface area contributed by atoms with Gasteiger partial charge in [0.05, 0.1) is 13.2 Å². The summed E-state index contributed by atoms with van der Waals surface area (Å²) in [6, 6.07) is 7.81. The minimum atomic E-state index is -0.228. The molecule has 1 aromatic carbocycles. The Balaban J connectivity index is 2.03. The van der Waals surface area contributed by atoms with E-state index >= 15 is 0 Å². The number of nitrogens with one attached hydrogen (secondary N) is 1. The van der Waals surface area contributed by atoms with E-state index in [4.69, 9.17) is 21.7 Å². The lowest BCUT2D eigenvalue weighted by Crippen LogP contribution is -2.14. The number of aromatic amines is 1. The van der Waals surface area contributed by atoms with Crippen molar-refractivity contribution in [3.8, 4) is 0 Å². The number of H-pyrrole nitrogens is 1. The number of ether oxygens (including phenoxy) is 2. The highest BCUT2D eigenvalue weighted by Crippen LogP contribution is 2.28. The molecule has 7 heteroatoms. The van der Waals surface area contributed by atoms with Gasteiger partial charge in [0.25, 0.3) is 0 Å². The lowest BCUT2D eigenvalue weighted by Gasteiger charge is -2.16. The van der Waals surface area contributed by atoms with Gasteiger partial charge in [-0.05, 0) is 51.9 Å². The quantitative estimate of drug-likeness (QED) is 0.323. The van der Waals surface area contributed by atoms with Crippen molar-refractivity contribution in [2.45, 2.75) is 51.7 Å². The lowest BCUT2D eigenvalue weighted by atomic mass is 10.0. The minimum absolute atomic E-state index is 0.0259. The molecule has 152 valence electrons. The topological polar surface area (TPSA) is 68.4 Å². The van der Waals surface area contributed by atoms with Crippen LogP contribution in [-0.2, 0) is 14.3 Å². The zero-order chi connectivity index (χ0) is 20.5. The number of hydrogen-bond donors (Lipinski definition) is 1. The summed E-state index contributed by atoms with van der Waals surface area (Å²) in [6.07, 6.45) is 1.91. The van der Waals surface area contributed by atoms with Gasteiger partial charge in [0.1, 0.15) is 0 Å². The molecule has 0 spiro atoms. The Morgan fingerprint density at radius 1 is 1.11 bits per heavy atom. The molecule has 1 heterocycles. The largest absolute Gasteiger partial charge is 0.479 e. The Hall–Kier alpha value is -1.86. The van der Waals surface area contributed by atoms with Gasteiger partial charge >= 0.3 is 5.97 Å². The average Bonchev–Trinajstić information content (AvgIpc) is 3.00. The van der Waals surface area contributed by atoms with Crippen molar-refractivity contribution in [3.05, 3.63) is 35.5 Å². The first-order valence-electron chi connectivity index (χ1n) is 9.55. The fraction of sp³-hybridized carbons (Fsp3) is 0.476. The molecule has 0 saturated carbocycles. The first-order valence-corrected chi connectivity index (χ1v) is 10.8. The third kappa shape index (κ3) is 6.34. The lowest BCUT2D eigenvalue weighted by molar-refractivity contribution is -0.143. The number of carbonyl (C=O) groups is 2. The van der Waals surface area contributed by atoms with Gasteiger partial charge in [-0.2, -0.15) is 0 Å². The fourth-order valence-electron chi connectivity index (χ4n) is 3.12. The molecule has 0 saturated heterocycles. The third-order valence-electron chi connectivity index (χ3n) is 4.37. The standard InChI is InChI=1S/C21H27NO4S2/c1-4-25-19(24)13-11-15(28-21(27)26-5-2)10-12-18(23)20-14(3)22-17-9-7-6-8-16(17)20/h6-9,15,22H,4-5,10-13H2,1-3H3. The molecule has 0 aliphatic heterocycles. The van der Waals surface area contributed by atoms with Crippen molar-refractivity contribution in [1.82, 2.24) is 4.98 Å². The Labute approximate surface area is 175 Å². The molecule has 0 fully saturated rings. The second kappa shape index (κ2) is 11.2. The molecule has 1 atom stereocenters. The second-order valence-corrected chi connectivity index (χ2v) is 8.30. The predicted octanol–water partition coefficient (Wildman–Crippen LogP) is 5.21. The van der Waals surface area contributed by atoms with Gasteiger partial charge in [0.2, 0.25) is 4.38 Å². The van der Waals surface area contributed by atoms with Crippen LogP contribution in [-0.4, -0.2) is 39.6 Å². The Morgan fingerprint density at radius 2 is 1.79 bits per heavy atom. The number of ketones is 1. The van der Waals surface area contributed by atoms with Crippen LogP contribution in [0.25, 0.3) is 10.9 Å². The number of para-hydroxylation sites is 1. The van der Waals surface area contributed by atoms with Crippen LogP contribution in [0.5, 0.6) is 0 Å². The van der Waals surface area contributed by atoms with Crippen LogP contribution in [0.2, 0.25) is 0 Å². The molecule has 1 N–H and O–H groups in total. The smallest absolute Gasteiger partial charge is 0.305 e. The summed E-state index contributed by atoms with van der Waals surface area (Å²) < 4.78 is 10.8. The van der Waals surface area contributed by atoms with Crippen LogP contribution in [0.15, 0.2) is 24.3 Å². The summed E-state index contributed by atoms with van der Waals surface area (Å²) in [5.41, 5.74) is 2.60. The summed E-state index contributed by atoms with van der Waals surface area (Å²) in [5.74, 6) is -0.131. The summed E-state index contributed by atoms with van der Waals surface area (Å²) >= 11 is 6.66. The summed E-state index contributed by atoms with van der Waals surface area (Å²) in [5, 5.41) is 0.975. The van der Waals surface area contributed by atoms with E-state index in [0.717, 1.165) is 22.2 Å². The van der Waals surface area contributed by atoms with Crippen molar-refractivity contribution in [2.24, 2.45) is 0 Å². The predicted molar refractivity (Wildman–Crippen MR) is 118 cm³/mol. The van der Waals surface area contributed by atoms with Crippen molar-refractivity contribution in [1.29, 1.82) is 0 Å². The number of thiocarbonyl (C=S) groups is 1. The Bertz CT molecular complexity index is 831. The maximum atomic E-state index is 12.9. The SMILES string of the molecule is CCOC(=O)CCC(CCC(=O)c1c(C)[nH]c2ccccc12)SC(=S)OCC. The molecule has 5 nitrogen and oxygen atoms in total. The number of aromatic nitrogens is 1. The van der Waals surface area contributed by atoms with Crippen molar-refractivity contribution in [3.63, 3.8) is 0 Å². The van der Waals surface area contributed by atoms with Crippen LogP contribution in [0.4, 0.5) is 0 Å². The van der Waals surface area contributed by atoms with E-state index in [1.807, 2.05) is 38.1 Å². The zero-order valence-corrected chi connectivity index (χ0v) is 18.2. The van der Waals surface area contributed by atoms with Gasteiger partial charge < -0.3 is 14.5 Å². The van der Waals surface area contributed by atoms with Gasteiger partial charge in [0, 0.05) is 40.3 Å². The van der Waals surface area contributed by atoms with Crippen LogP contribution < -0.4 is 0 Å². The molecule has 0 amide bonds. The molecular formula is C21H27NO4S2. The molecule has 28 heavy (non-hydrogen) atoms. The van der Waals surface area contributed by atoms with Crippen molar-refractivity contribution in [2.75, 3.05) is 13.2 Å². The molecule has 1 aromatic heterocycles. The van der Waals surface area contributed by atoms with Crippen LogP contribution in [0.3, 0.4) is 0 Å². The summed E-state index contributed by atoms with van der Waals surface area (Å²) in [6.45, 7) is 6.46. The Kier molecular flexibility index (Phi) is 8.99. The highest BCUT2D eigenvalue weighted by molar-refractivity contribution is 8.23. The molecule has 0 bridgehead atoms. The molecule has 0 radical (unpaired) electrons. The van der Waals surface area contributed by atoms with E-state index in [2.05, 4.69) is 4.98 Å². The molecule has 0 aliphatic carbocycles. The maximum Gasteiger partial charge on any atom is 0.305 e. The van der Waals surface area contributed by atoms with Crippen molar-refractivity contribution < 1.29 is 19.1 Å². The van der Waals surface area contributed by atoms with E-state index in [-0.39, 0.29) is 17.0 Å². The summed E-state index contributed by atoms with van der Waals surface area (Å²) in [7, 11) is 0. The molecule has 1 unspecified atom stereocenters. The normalized spacial score (nSPS) is 12.0. The number of hydrogen-bond acceptors (Lipinski definition) is 6. The van der Waals surface area contributed by atoms with Gasteiger partial charge in [0.15, 0.2) is 5.78 Å². The minimum Gasteiger partial charge on any atom is -0.479 e. The number of carbonyl (C=O) groups excluding carboxylic acids is 2. The molecule has 0 aliphatic rings. The van der Waals surface area contributed by atoms with E-state index in [1.54, 1.807) is 6.92 Å². The average molecular weight is 422 g/mol. The third-order valence-corrected chi connectivity index (χ3v) is 5.89. The number of fused-ring (bicyclic) bond motifs is 1. The van der Waals surface area contributed by atoms with Gasteiger partial charge in [-0.1, -0.05) is 30.0 Å². The van der Waals surface area contributed by atoms with E-state index < -0.39 is 0 Å². The van der Waals surface area contributed by atoms with Crippen molar-refractivity contribution >= 4 is 51.0 Å². The Morgan fingerprint density at radius 3 is 2.50 bits per heavy atom. The number of rotatable bonds is 10. The highest BCUT2D eigenvalue weighted by atomic mass is 32.2. The summed E-state index contributed by atoms with van der Waals surface area (Å²) in [4.78, 5) is 27.9. The number of Topliss-reactive ketones (excluding diaryl/α,β-unsaturated/α-hetero) is 1. The van der Waals surface area contributed by atoms with E-state index in [9.17, 15) is 9.59 Å².